The SMILES string of the molecule is Cn1cc([C@H]2OCC[C@@H]2NC(=O)[C@@H]2C[C@@H]2C2CC2)cn1. The van der Waals surface area contributed by atoms with Crippen LogP contribution in [0.3, 0.4) is 0 Å². The first-order chi connectivity index (χ1) is 9.72. The molecule has 1 saturated heterocycles. The van der Waals surface area contributed by atoms with Crippen molar-refractivity contribution in [2.75, 3.05) is 6.61 Å². The fraction of sp³-hybridized carbons (Fsp3) is 0.733. The molecule has 0 aromatic carbocycles. The van der Waals surface area contributed by atoms with E-state index >= 15 is 0 Å². The maximum atomic E-state index is 12.3. The Hall–Kier alpha value is -1.36. The molecule has 4 atom stereocenters. The summed E-state index contributed by atoms with van der Waals surface area (Å²) in [6, 6.07) is 0.104. The zero-order chi connectivity index (χ0) is 13.7. The van der Waals surface area contributed by atoms with Crippen LogP contribution in [0.2, 0.25) is 0 Å². The number of aryl methyl sites for hydroxylation is 1. The van der Waals surface area contributed by atoms with Crippen LogP contribution in [0.15, 0.2) is 12.4 Å². The third-order valence-electron chi connectivity index (χ3n) is 4.88. The normalized spacial score (nSPS) is 36.0. The molecule has 1 aromatic rings. The van der Waals surface area contributed by atoms with Gasteiger partial charge in [0.15, 0.2) is 0 Å². The highest BCUT2D eigenvalue weighted by Crippen LogP contribution is 2.54. The van der Waals surface area contributed by atoms with E-state index in [1.54, 1.807) is 4.68 Å². The molecule has 0 spiro atoms. The molecular formula is C15H21N3O2. The summed E-state index contributed by atoms with van der Waals surface area (Å²) in [6.45, 7) is 0.710. The largest absolute Gasteiger partial charge is 0.371 e. The number of hydrogen-bond acceptors (Lipinski definition) is 3. The Kier molecular flexibility index (Phi) is 2.84. The van der Waals surface area contributed by atoms with Crippen LogP contribution < -0.4 is 5.32 Å². The van der Waals surface area contributed by atoms with Crippen LogP contribution in [-0.4, -0.2) is 28.3 Å². The molecule has 108 valence electrons. The zero-order valence-electron chi connectivity index (χ0n) is 11.8. The standard InChI is InChI=1S/C15H21N3O2/c1-18-8-10(7-16-18)14-13(4-5-20-14)17-15(19)12-6-11(12)9-2-3-9/h7-9,11-14H,2-6H2,1H3,(H,17,19)/t11-,12-,13+,14-/m1/s1. The number of nitrogens with zero attached hydrogens (tertiary/aromatic N) is 2. The van der Waals surface area contributed by atoms with Crippen molar-refractivity contribution in [3.8, 4) is 0 Å². The minimum atomic E-state index is -0.0363. The van der Waals surface area contributed by atoms with Crippen LogP contribution in [-0.2, 0) is 16.6 Å². The van der Waals surface area contributed by atoms with Gasteiger partial charge in [0.25, 0.3) is 0 Å². The van der Waals surface area contributed by atoms with Gasteiger partial charge in [0.2, 0.25) is 5.91 Å². The number of amides is 1. The predicted molar refractivity (Wildman–Crippen MR) is 72.8 cm³/mol. The molecular weight excluding hydrogens is 254 g/mol. The highest BCUT2D eigenvalue weighted by molar-refractivity contribution is 5.82. The minimum absolute atomic E-state index is 0.0363. The molecule has 1 aliphatic heterocycles. The molecule has 0 radical (unpaired) electrons. The zero-order valence-corrected chi connectivity index (χ0v) is 11.8. The van der Waals surface area contributed by atoms with E-state index in [4.69, 9.17) is 4.74 Å². The summed E-state index contributed by atoms with van der Waals surface area (Å²) in [5, 5.41) is 7.40. The topological polar surface area (TPSA) is 56.1 Å². The first-order valence-electron chi connectivity index (χ1n) is 7.63. The summed E-state index contributed by atoms with van der Waals surface area (Å²) in [5.41, 5.74) is 1.06. The Balaban J connectivity index is 1.38. The average molecular weight is 275 g/mol. The molecule has 1 amide bonds. The lowest BCUT2D eigenvalue weighted by molar-refractivity contribution is -0.123. The van der Waals surface area contributed by atoms with Crippen molar-refractivity contribution >= 4 is 5.91 Å². The van der Waals surface area contributed by atoms with E-state index in [1.807, 2.05) is 19.4 Å². The van der Waals surface area contributed by atoms with E-state index in [9.17, 15) is 4.79 Å². The lowest BCUT2D eigenvalue weighted by Crippen LogP contribution is -2.38. The van der Waals surface area contributed by atoms with Crippen molar-refractivity contribution in [2.45, 2.75) is 37.8 Å². The van der Waals surface area contributed by atoms with Crippen molar-refractivity contribution in [3.63, 3.8) is 0 Å². The number of ether oxygens (including phenoxy) is 1. The second-order valence-corrected chi connectivity index (χ2v) is 6.49. The van der Waals surface area contributed by atoms with Crippen molar-refractivity contribution in [3.05, 3.63) is 18.0 Å². The van der Waals surface area contributed by atoms with Gasteiger partial charge in [-0.15, -0.1) is 0 Å². The number of hydrogen-bond donors (Lipinski definition) is 1. The summed E-state index contributed by atoms with van der Waals surface area (Å²) in [5.74, 6) is 2.04. The quantitative estimate of drug-likeness (QED) is 0.904. The Labute approximate surface area is 118 Å². The summed E-state index contributed by atoms with van der Waals surface area (Å²) in [6.07, 6.45) is 8.43. The highest BCUT2D eigenvalue weighted by atomic mass is 16.5. The summed E-state index contributed by atoms with van der Waals surface area (Å²) in [7, 11) is 1.90. The summed E-state index contributed by atoms with van der Waals surface area (Å²) in [4.78, 5) is 12.3. The monoisotopic (exact) mass is 275 g/mol. The summed E-state index contributed by atoms with van der Waals surface area (Å²) >= 11 is 0. The van der Waals surface area contributed by atoms with Crippen molar-refractivity contribution in [2.24, 2.45) is 24.8 Å². The second-order valence-electron chi connectivity index (χ2n) is 6.49. The number of carbonyl (C=O) groups is 1. The third kappa shape index (κ3) is 2.24. The number of rotatable bonds is 4. The first-order valence-corrected chi connectivity index (χ1v) is 7.63. The van der Waals surface area contributed by atoms with Gasteiger partial charge in [-0.3, -0.25) is 9.48 Å². The molecule has 3 fully saturated rings. The first kappa shape index (κ1) is 12.4. The Morgan fingerprint density at radius 3 is 3.00 bits per heavy atom. The van der Waals surface area contributed by atoms with Crippen molar-refractivity contribution in [1.82, 2.24) is 15.1 Å². The molecule has 1 aromatic heterocycles. The second kappa shape index (κ2) is 4.58. The average Bonchev–Trinajstić information content (AvgIpc) is 3.30. The van der Waals surface area contributed by atoms with Crippen molar-refractivity contribution in [1.29, 1.82) is 0 Å². The minimum Gasteiger partial charge on any atom is -0.371 e. The van der Waals surface area contributed by atoms with Crippen LogP contribution in [0.25, 0.3) is 0 Å². The van der Waals surface area contributed by atoms with E-state index in [1.165, 1.54) is 12.8 Å². The van der Waals surface area contributed by atoms with E-state index in [-0.39, 0.29) is 24.0 Å². The molecule has 20 heavy (non-hydrogen) atoms. The van der Waals surface area contributed by atoms with Gasteiger partial charge >= 0.3 is 0 Å². The fourth-order valence-corrected chi connectivity index (χ4v) is 3.50. The molecule has 2 aliphatic carbocycles. The maximum absolute atomic E-state index is 12.3. The molecule has 0 bridgehead atoms. The Bertz CT molecular complexity index is 523. The van der Waals surface area contributed by atoms with Crippen LogP contribution in [0, 0.1) is 17.8 Å². The summed E-state index contributed by atoms with van der Waals surface area (Å²) < 4.78 is 7.56. The van der Waals surface area contributed by atoms with Gasteiger partial charge in [-0.05, 0) is 37.5 Å². The predicted octanol–water partition coefficient (Wildman–Crippen LogP) is 1.41. The van der Waals surface area contributed by atoms with Gasteiger partial charge in [-0.25, -0.2) is 0 Å². The number of carbonyl (C=O) groups excluding carboxylic acids is 1. The molecule has 0 unspecified atom stereocenters. The molecule has 5 nitrogen and oxygen atoms in total. The van der Waals surface area contributed by atoms with Gasteiger partial charge in [-0.1, -0.05) is 0 Å². The van der Waals surface area contributed by atoms with Gasteiger partial charge in [0.1, 0.15) is 6.10 Å². The van der Waals surface area contributed by atoms with E-state index in [0.717, 1.165) is 24.3 Å². The van der Waals surface area contributed by atoms with Crippen LogP contribution in [0.1, 0.15) is 37.4 Å². The van der Waals surface area contributed by atoms with Gasteiger partial charge in [0.05, 0.1) is 12.2 Å². The van der Waals surface area contributed by atoms with E-state index in [0.29, 0.717) is 12.5 Å². The molecule has 2 saturated carbocycles. The maximum Gasteiger partial charge on any atom is 0.223 e. The molecule has 3 aliphatic rings. The number of nitrogens with one attached hydrogen (secondary N) is 1. The lowest BCUT2D eigenvalue weighted by Gasteiger charge is -2.18. The smallest absolute Gasteiger partial charge is 0.223 e. The molecule has 5 heteroatoms. The molecule has 1 N–H and O–H groups in total. The van der Waals surface area contributed by atoms with Crippen LogP contribution in [0.4, 0.5) is 0 Å². The van der Waals surface area contributed by atoms with Crippen LogP contribution >= 0.6 is 0 Å². The van der Waals surface area contributed by atoms with E-state index < -0.39 is 0 Å². The molecule has 2 heterocycles. The van der Waals surface area contributed by atoms with Crippen LogP contribution in [0.5, 0.6) is 0 Å². The fourth-order valence-electron chi connectivity index (χ4n) is 3.50. The van der Waals surface area contributed by atoms with E-state index in [2.05, 4.69) is 10.4 Å². The third-order valence-corrected chi connectivity index (χ3v) is 4.88. The Morgan fingerprint density at radius 2 is 2.30 bits per heavy atom. The molecule has 4 rings (SSSR count). The van der Waals surface area contributed by atoms with Gasteiger partial charge in [-0.2, -0.15) is 5.10 Å². The highest BCUT2D eigenvalue weighted by Gasteiger charge is 2.51. The van der Waals surface area contributed by atoms with Gasteiger partial charge < -0.3 is 10.1 Å². The number of aromatic nitrogens is 2. The Morgan fingerprint density at radius 1 is 1.45 bits per heavy atom. The van der Waals surface area contributed by atoms with Crippen molar-refractivity contribution < 1.29 is 9.53 Å². The lowest BCUT2D eigenvalue weighted by atomic mass is 10.0. The van der Waals surface area contributed by atoms with Gasteiger partial charge in [0, 0.05) is 31.3 Å².